The van der Waals surface area contributed by atoms with Gasteiger partial charge < -0.3 is 10.2 Å². The second-order valence-corrected chi connectivity index (χ2v) is 6.28. The zero-order chi connectivity index (χ0) is 15.1. The molecular weight excluding hydrogens is 284 g/mol. The number of nitrogens with one attached hydrogen (secondary N) is 1. The summed E-state index contributed by atoms with van der Waals surface area (Å²) in [5, 5.41) is 2.88. The number of thioether (sulfide) groups is 1. The van der Waals surface area contributed by atoms with E-state index in [1.165, 1.54) is 18.2 Å². The van der Waals surface area contributed by atoms with E-state index < -0.39 is 0 Å². The molecule has 5 heteroatoms. The number of anilines is 1. The molecule has 0 aliphatic carbocycles. The Hall–Kier alpha value is -1.49. The first-order valence-corrected chi connectivity index (χ1v) is 8.53. The van der Waals surface area contributed by atoms with Crippen molar-refractivity contribution < 1.29 is 9.59 Å². The lowest BCUT2D eigenvalue weighted by Crippen LogP contribution is -2.37. The summed E-state index contributed by atoms with van der Waals surface area (Å²) in [5.74, 6) is 0.805. The van der Waals surface area contributed by atoms with Gasteiger partial charge in [-0.25, -0.2) is 0 Å². The molecule has 0 radical (unpaired) electrons. The fourth-order valence-corrected chi connectivity index (χ4v) is 3.08. The first-order chi connectivity index (χ1) is 10.2. The average Bonchev–Trinajstić information content (AvgIpc) is 2.50. The molecule has 1 fully saturated rings. The van der Waals surface area contributed by atoms with Gasteiger partial charge in [0, 0.05) is 18.8 Å². The highest BCUT2D eigenvalue weighted by Gasteiger charge is 2.16. The van der Waals surface area contributed by atoms with Crippen molar-refractivity contribution in [2.45, 2.75) is 26.2 Å². The molecule has 0 bridgehead atoms. The smallest absolute Gasteiger partial charge is 0.234 e. The number of nitrogens with zero attached hydrogens (tertiary/aromatic N) is 1. The Morgan fingerprint density at radius 2 is 1.86 bits per heavy atom. The Bertz CT molecular complexity index is 499. The Morgan fingerprint density at radius 1 is 1.14 bits per heavy atom. The molecule has 1 aliphatic rings. The highest BCUT2D eigenvalue weighted by Crippen LogP contribution is 2.14. The normalized spacial score (nSPS) is 14.8. The maximum Gasteiger partial charge on any atom is 0.234 e. The minimum absolute atomic E-state index is 0.0549. The standard InChI is InChI=1S/C16H22N2O2S/c1-13-7-3-4-8-14(13)17-15(19)11-21-12-16(20)18-9-5-2-6-10-18/h3-4,7-8H,2,5-6,9-12H2,1H3,(H,17,19). The molecule has 2 rings (SSSR count). The minimum Gasteiger partial charge on any atom is -0.342 e. The summed E-state index contributed by atoms with van der Waals surface area (Å²) in [7, 11) is 0. The topological polar surface area (TPSA) is 49.4 Å². The minimum atomic E-state index is -0.0549. The molecule has 1 heterocycles. The van der Waals surface area contributed by atoms with E-state index in [0.717, 1.165) is 37.2 Å². The predicted octanol–water partition coefficient (Wildman–Crippen LogP) is 2.68. The number of amides is 2. The van der Waals surface area contributed by atoms with Gasteiger partial charge in [0.1, 0.15) is 0 Å². The van der Waals surface area contributed by atoms with E-state index in [0.29, 0.717) is 11.5 Å². The van der Waals surface area contributed by atoms with Crippen molar-refractivity contribution in [1.29, 1.82) is 0 Å². The molecule has 21 heavy (non-hydrogen) atoms. The zero-order valence-electron chi connectivity index (χ0n) is 12.4. The van der Waals surface area contributed by atoms with E-state index in [1.54, 1.807) is 0 Å². The van der Waals surface area contributed by atoms with Gasteiger partial charge in [-0.15, -0.1) is 11.8 Å². The van der Waals surface area contributed by atoms with E-state index in [9.17, 15) is 9.59 Å². The van der Waals surface area contributed by atoms with Gasteiger partial charge in [0.15, 0.2) is 0 Å². The Balaban J connectivity index is 1.69. The molecule has 1 aromatic rings. The molecule has 0 spiro atoms. The third kappa shape index (κ3) is 5.08. The van der Waals surface area contributed by atoms with Crippen LogP contribution in [0.1, 0.15) is 24.8 Å². The molecule has 4 nitrogen and oxygen atoms in total. The lowest BCUT2D eigenvalue weighted by molar-refractivity contribution is -0.129. The zero-order valence-corrected chi connectivity index (χ0v) is 13.2. The number of benzene rings is 1. The van der Waals surface area contributed by atoms with Crippen LogP contribution in [-0.2, 0) is 9.59 Å². The highest BCUT2D eigenvalue weighted by molar-refractivity contribution is 8.00. The van der Waals surface area contributed by atoms with Crippen molar-refractivity contribution in [2.24, 2.45) is 0 Å². The Kier molecular flexibility index (Phi) is 6.11. The van der Waals surface area contributed by atoms with Crippen molar-refractivity contribution in [2.75, 3.05) is 29.9 Å². The first-order valence-electron chi connectivity index (χ1n) is 7.38. The Labute approximate surface area is 130 Å². The van der Waals surface area contributed by atoms with Crippen LogP contribution in [0.5, 0.6) is 0 Å². The third-order valence-corrected chi connectivity index (χ3v) is 4.50. The van der Waals surface area contributed by atoms with Crippen molar-refractivity contribution in [1.82, 2.24) is 4.90 Å². The van der Waals surface area contributed by atoms with Crippen LogP contribution in [0.25, 0.3) is 0 Å². The fraction of sp³-hybridized carbons (Fsp3) is 0.500. The number of aryl methyl sites for hydroxylation is 1. The molecule has 0 aromatic heterocycles. The van der Waals surface area contributed by atoms with Crippen LogP contribution in [-0.4, -0.2) is 41.3 Å². The van der Waals surface area contributed by atoms with Crippen molar-refractivity contribution in [3.05, 3.63) is 29.8 Å². The number of hydrogen-bond acceptors (Lipinski definition) is 3. The summed E-state index contributed by atoms with van der Waals surface area (Å²) in [6.07, 6.45) is 3.42. The van der Waals surface area contributed by atoms with E-state index in [2.05, 4.69) is 5.32 Å². The SMILES string of the molecule is Cc1ccccc1NC(=O)CSCC(=O)N1CCCCC1. The molecule has 2 amide bonds. The third-order valence-electron chi connectivity index (χ3n) is 3.59. The largest absolute Gasteiger partial charge is 0.342 e. The molecule has 1 saturated heterocycles. The summed E-state index contributed by atoms with van der Waals surface area (Å²) in [6.45, 7) is 3.70. The number of carbonyl (C=O) groups excluding carboxylic acids is 2. The fourth-order valence-electron chi connectivity index (χ4n) is 2.37. The molecule has 0 unspecified atom stereocenters. The maximum absolute atomic E-state index is 12.0. The van der Waals surface area contributed by atoms with Crippen molar-refractivity contribution >= 4 is 29.3 Å². The van der Waals surface area contributed by atoms with Crippen LogP contribution in [0.4, 0.5) is 5.69 Å². The lowest BCUT2D eigenvalue weighted by Gasteiger charge is -2.26. The van der Waals surface area contributed by atoms with Crippen LogP contribution < -0.4 is 5.32 Å². The van der Waals surface area contributed by atoms with Crippen LogP contribution >= 0.6 is 11.8 Å². The number of hydrogen-bond donors (Lipinski definition) is 1. The van der Waals surface area contributed by atoms with Gasteiger partial charge in [-0.2, -0.15) is 0 Å². The van der Waals surface area contributed by atoms with Gasteiger partial charge in [0.25, 0.3) is 0 Å². The predicted molar refractivity (Wildman–Crippen MR) is 87.6 cm³/mol. The first kappa shape index (κ1) is 15.9. The van der Waals surface area contributed by atoms with Crippen molar-refractivity contribution in [3.8, 4) is 0 Å². The second-order valence-electron chi connectivity index (χ2n) is 5.30. The summed E-state index contributed by atoms with van der Waals surface area (Å²) in [5.41, 5.74) is 1.88. The van der Waals surface area contributed by atoms with E-state index >= 15 is 0 Å². The average molecular weight is 306 g/mol. The number of likely N-dealkylation sites (tertiary alicyclic amines) is 1. The summed E-state index contributed by atoms with van der Waals surface area (Å²) in [6, 6.07) is 7.69. The summed E-state index contributed by atoms with van der Waals surface area (Å²) >= 11 is 1.38. The molecule has 114 valence electrons. The van der Waals surface area contributed by atoms with Crippen LogP contribution in [0.3, 0.4) is 0 Å². The molecular formula is C16H22N2O2S. The van der Waals surface area contributed by atoms with Crippen molar-refractivity contribution in [3.63, 3.8) is 0 Å². The summed E-state index contributed by atoms with van der Waals surface area (Å²) in [4.78, 5) is 25.7. The van der Waals surface area contributed by atoms with Gasteiger partial charge >= 0.3 is 0 Å². The van der Waals surface area contributed by atoms with Gasteiger partial charge in [-0.05, 0) is 37.8 Å². The number of rotatable bonds is 5. The van der Waals surface area contributed by atoms with E-state index in [4.69, 9.17) is 0 Å². The molecule has 1 aliphatic heterocycles. The van der Waals surface area contributed by atoms with Gasteiger partial charge in [-0.3, -0.25) is 9.59 Å². The quantitative estimate of drug-likeness (QED) is 0.910. The van der Waals surface area contributed by atoms with Crippen LogP contribution in [0, 0.1) is 6.92 Å². The molecule has 0 saturated carbocycles. The van der Waals surface area contributed by atoms with Crippen LogP contribution in [0.2, 0.25) is 0 Å². The Morgan fingerprint density at radius 3 is 2.57 bits per heavy atom. The number of carbonyl (C=O) groups is 2. The monoisotopic (exact) mass is 306 g/mol. The maximum atomic E-state index is 12.0. The van der Waals surface area contributed by atoms with Gasteiger partial charge in [-0.1, -0.05) is 18.2 Å². The van der Waals surface area contributed by atoms with E-state index in [1.807, 2.05) is 36.1 Å². The molecule has 0 atom stereocenters. The van der Waals surface area contributed by atoms with E-state index in [-0.39, 0.29) is 11.8 Å². The van der Waals surface area contributed by atoms with Gasteiger partial charge in [0.2, 0.25) is 11.8 Å². The number of para-hydroxylation sites is 1. The number of piperidine rings is 1. The van der Waals surface area contributed by atoms with Crippen LogP contribution in [0.15, 0.2) is 24.3 Å². The lowest BCUT2D eigenvalue weighted by atomic mass is 10.1. The highest BCUT2D eigenvalue weighted by atomic mass is 32.2. The van der Waals surface area contributed by atoms with Gasteiger partial charge in [0.05, 0.1) is 11.5 Å². The summed E-state index contributed by atoms with van der Waals surface area (Å²) < 4.78 is 0. The molecule has 1 N–H and O–H groups in total. The second kappa shape index (κ2) is 8.08. The molecule has 1 aromatic carbocycles.